The van der Waals surface area contributed by atoms with Crippen LogP contribution < -0.4 is 15.4 Å². The summed E-state index contributed by atoms with van der Waals surface area (Å²) in [5, 5.41) is 29.5. The number of methoxy groups -OCH3 is 1. The second-order valence-electron chi connectivity index (χ2n) is 14.2. The van der Waals surface area contributed by atoms with Crippen molar-refractivity contribution < 1.29 is 33.8 Å². The van der Waals surface area contributed by atoms with E-state index in [2.05, 4.69) is 10.6 Å². The van der Waals surface area contributed by atoms with Gasteiger partial charge in [-0.1, -0.05) is 25.0 Å². The highest BCUT2D eigenvalue weighted by Crippen LogP contribution is 2.46. The molecule has 4 heterocycles. The molecule has 50 heavy (non-hydrogen) atoms. The largest absolute Gasteiger partial charge is 0.497 e. The van der Waals surface area contributed by atoms with Gasteiger partial charge >= 0.3 is 12.1 Å². The minimum atomic E-state index is -1.44. The molecular formula is C36H44N6O7S. The number of thiophene rings is 1. The van der Waals surface area contributed by atoms with Gasteiger partial charge in [0.1, 0.15) is 40.4 Å². The van der Waals surface area contributed by atoms with Gasteiger partial charge in [0.05, 0.1) is 13.2 Å². The molecule has 3 amide bonds. The lowest BCUT2D eigenvalue weighted by molar-refractivity contribution is -0.145. The van der Waals surface area contributed by atoms with E-state index in [1.807, 2.05) is 53.2 Å². The first-order valence-corrected chi connectivity index (χ1v) is 18.0. The Morgan fingerprint density at radius 1 is 1.06 bits per heavy atom. The molecule has 1 saturated carbocycles. The highest BCUT2D eigenvalue weighted by atomic mass is 32.1. The van der Waals surface area contributed by atoms with Gasteiger partial charge in [-0.3, -0.25) is 9.59 Å². The van der Waals surface area contributed by atoms with Crippen LogP contribution in [0.5, 0.6) is 5.75 Å². The first-order chi connectivity index (χ1) is 23.9. The zero-order chi connectivity index (χ0) is 35.6. The number of amides is 3. The predicted octanol–water partition coefficient (Wildman–Crippen LogP) is 5.20. The summed E-state index contributed by atoms with van der Waals surface area (Å²) in [4.78, 5) is 57.0. The minimum absolute atomic E-state index is 0.0760. The molecule has 14 heteroatoms. The summed E-state index contributed by atoms with van der Waals surface area (Å²) in [5.74, 6) is -1.76. The summed E-state index contributed by atoms with van der Waals surface area (Å²) in [7, 11) is 1.60. The fourth-order valence-corrected chi connectivity index (χ4v) is 7.36. The fraction of sp³-hybridized carbons (Fsp3) is 0.500. The van der Waals surface area contributed by atoms with Gasteiger partial charge in [-0.2, -0.15) is 26.3 Å². The van der Waals surface area contributed by atoms with Gasteiger partial charge in [-0.15, -0.1) is 0 Å². The number of aromatic nitrogens is 3. The second-order valence-corrected chi connectivity index (χ2v) is 15.0. The first kappa shape index (κ1) is 35.1. The Bertz CT molecular complexity index is 1750. The maximum absolute atomic E-state index is 14.4. The molecule has 3 aliphatic rings. The van der Waals surface area contributed by atoms with Crippen LogP contribution in [0.2, 0.25) is 0 Å². The van der Waals surface area contributed by atoms with Crippen molar-refractivity contribution in [2.75, 3.05) is 13.7 Å². The molecular weight excluding hydrogens is 660 g/mol. The van der Waals surface area contributed by atoms with Gasteiger partial charge in [0.25, 0.3) is 0 Å². The number of aliphatic carboxylic acids is 1. The molecule has 1 aliphatic carbocycles. The number of allylic oxidation sites excluding steroid dienone is 1. The topological polar surface area (TPSA) is 165 Å². The van der Waals surface area contributed by atoms with E-state index in [4.69, 9.17) is 19.7 Å². The number of carboxylic acid groups (broad SMARTS) is 1. The van der Waals surface area contributed by atoms with Crippen LogP contribution in [0, 0.1) is 5.92 Å². The molecule has 3 aromatic rings. The Hall–Kier alpha value is -4.72. The molecule has 2 aliphatic heterocycles. The SMILES string of the molecule is COc1ccc(-c2nn([C@H]3C[C@H]4C(=O)N[C@]5(C(=O)O)C[C@H]5C=CCCCCC[C@H](NC(=O)OC(C)(C)C)C(=O)N4C3)nc2-c2ccsc2)cc1. The van der Waals surface area contributed by atoms with Crippen molar-refractivity contribution >= 4 is 35.2 Å². The molecule has 3 N–H and O–H groups in total. The maximum atomic E-state index is 14.4. The van der Waals surface area contributed by atoms with Gasteiger partial charge in [-0.05, 0) is 82.2 Å². The van der Waals surface area contributed by atoms with Crippen molar-refractivity contribution in [3.8, 4) is 28.3 Å². The predicted molar refractivity (Wildman–Crippen MR) is 186 cm³/mol. The van der Waals surface area contributed by atoms with Crippen molar-refractivity contribution in [3.05, 3.63) is 53.2 Å². The molecule has 0 radical (unpaired) electrons. The Balaban J connectivity index is 1.35. The van der Waals surface area contributed by atoms with Gasteiger partial charge in [0.2, 0.25) is 11.8 Å². The maximum Gasteiger partial charge on any atom is 0.408 e. The fourth-order valence-electron chi connectivity index (χ4n) is 6.72. The van der Waals surface area contributed by atoms with Crippen molar-refractivity contribution in [3.63, 3.8) is 0 Å². The van der Waals surface area contributed by atoms with E-state index >= 15 is 0 Å². The zero-order valence-corrected chi connectivity index (χ0v) is 29.6. The Kier molecular flexibility index (Phi) is 10.0. The Morgan fingerprint density at radius 3 is 2.46 bits per heavy atom. The van der Waals surface area contributed by atoms with E-state index in [0.29, 0.717) is 30.0 Å². The molecule has 5 atom stereocenters. The van der Waals surface area contributed by atoms with Crippen molar-refractivity contribution in [2.24, 2.45) is 5.92 Å². The third kappa shape index (κ3) is 7.54. The van der Waals surface area contributed by atoms with Gasteiger partial charge in [0, 0.05) is 35.4 Å². The third-order valence-electron chi connectivity index (χ3n) is 9.44. The van der Waals surface area contributed by atoms with Crippen molar-refractivity contribution in [2.45, 2.75) is 95.0 Å². The summed E-state index contributed by atoms with van der Waals surface area (Å²) in [6.07, 6.45) is 6.94. The van der Waals surface area contributed by atoms with Gasteiger partial charge in [0.15, 0.2) is 0 Å². The number of carboxylic acids is 1. The number of ether oxygens (including phenoxy) is 2. The first-order valence-electron chi connectivity index (χ1n) is 17.0. The number of alkyl carbamates (subject to hydrolysis) is 1. The number of benzene rings is 1. The molecule has 2 fully saturated rings. The van der Waals surface area contributed by atoms with Crippen LogP contribution in [-0.4, -0.2) is 85.8 Å². The monoisotopic (exact) mass is 704 g/mol. The summed E-state index contributed by atoms with van der Waals surface area (Å²) >= 11 is 1.53. The molecule has 266 valence electrons. The van der Waals surface area contributed by atoms with E-state index in [9.17, 15) is 24.3 Å². The molecule has 0 spiro atoms. The molecule has 2 aromatic heterocycles. The standard InChI is InChI=1S/C36H44N6O7S/c1-35(2,3)49-34(47)37-27-11-9-7-5-6-8-10-24-19-36(24,33(45)46)38-31(43)28-18-25(20-41(28)32(27)44)42-39-29(22-12-14-26(48-4)15-13-22)30(40-42)23-16-17-50-21-23/h8,10,12-17,21,24-25,27-28H,5-7,9,11,18-20H2,1-4H3,(H,37,47)(H,38,43)(H,45,46)/t24-,25+,27+,28+,36-/m1/s1. The second kappa shape index (κ2) is 14.3. The van der Waals surface area contributed by atoms with Crippen LogP contribution in [0.15, 0.2) is 53.2 Å². The number of hydrogen-bond donors (Lipinski definition) is 3. The summed E-state index contributed by atoms with van der Waals surface area (Å²) in [5.41, 5.74) is 0.766. The number of nitrogens with zero attached hydrogens (tertiary/aromatic N) is 4. The smallest absolute Gasteiger partial charge is 0.408 e. The molecule has 1 aromatic carbocycles. The Labute approximate surface area is 295 Å². The molecule has 0 bridgehead atoms. The number of carbonyl (C=O) groups excluding carboxylic acids is 3. The van der Waals surface area contributed by atoms with E-state index in [1.54, 1.807) is 32.7 Å². The van der Waals surface area contributed by atoms with Gasteiger partial charge < -0.3 is 30.1 Å². The normalized spacial score (nSPS) is 25.8. The summed E-state index contributed by atoms with van der Waals surface area (Å²) in [6.45, 7) is 5.31. The molecule has 6 rings (SSSR count). The lowest BCUT2D eigenvalue weighted by Crippen LogP contribution is -2.56. The third-order valence-corrected chi connectivity index (χ3v) is 10.1. The summed E-state index contributed by atoms with van der Waals surface area (Å²) in [6, 6.07) is 6.95. The number of rotatable bonds is 6. The average Bonchev–Trinajstić information content (AvgIpc) is 3.52. The van der Waals surface area contributed by atoms with E-state index in [1.165, 1.54) is 16.2 Å². The number of nitrogens with one attached hydrogen (secondary N) is 2. The van der Waals surface area contributed by atoms with Crippen molar-refractivity contribution in [1.82, 2.24) is 30.5 Å². The number of hydrogen-bond acceptors (Lipinski definition) is 9. The quantitative estimate of drug-likeness (QED) is 0.293. The van der Waals surface area contributed by atoms with Crippen LogP contribution >= 0.6 is 11.3 Å². The van der Waals surface area contributed by atoms with Crippen molar-refractivity contribution in [1.29, 1.82) is 0 Å². The van der Waals surface area contributed by atoms with Crippen LogP contribution in [-0.2, 0) is 19.1 Å². The van der Waals surface area contributed by atoms with Gasteiger partial charge in [-0.25, -0.2) is 9.59 Å². The average molecular weight is 705 g/mol. The van der Waals surface area contributed by atoms with Crippen LogP contribution in [0.1, 0.15) is 71.8 Å². The highest BCUT2D eigenvalue weighted by Gasteiger charge is 2.61. The lowest BCUT2D eigenvalue weighted by atomic mass is 10.0. The van der Waals surface area contributed by atoms with Crippen LogP contribution in [0.3, 0.4) is 0 Å². The van der Waals surface area contributed by atoms with E-state index in [0.717, 1.165) is 30.4 Å². The molecule has 1 saturated heterocycles. The minimum Gasteiger partial charge on any atom is -0.497 e. The molecule has 0 unspecified atom stereocenters. The zero-order valence-electron chi connectivity index (χ0n) is 28.8. The number of carbonyl (C=O) groups is 4. The summed E-state index contributed by atoms with van der Waals surface area (Å²) < 4.78 is 10.8. The molecule has 13 nitrogen and oxygen atoms in total. The highest BCUT2D eigenvalue weighted by molar-refractivity contribution is 7.08. The van der Waals surface area contributed by atoms with Crippen LogP contribution in [0.25, 0.3) is 22.5 Å². The van der Waals surface area contributed by atoms with E-state index in [-0.39, 0.29) is 25.3 Å². The number of fused-ring (bicyclic) bond motifs is 2. The Morgan fingerprint density at radius 2 is 1.80 bits per heavy atom. The van der Waals surface area contributed by atoms with Crippen LogP contribution in [0.4, 0.5) is 4.79 Å². The van der Waals surface area contributed by atoms with E-state index < -0.39 is 53.1 Å². The lowest BCUT2D eigenvalue weighted by Gasteiger charge is -2.30.